The van der Waals surface area contributed by atoms with Gasteiger partial charge in [0.2, 0.25) is 0 Å². The van der Waals surface area contributed by atoms with Crippen LogP contribution in [0.4, 0.5) is 0 Å². The Hall–Kier alpha value is -4.90. The third-order valence-electron chi connectivity index (χ3n) is 9.55. The number of benzene rings is 4. The van der Waals surface area contributed by atoms with E-state index in [9.17, 15) is 0 Å². The fourth-order valence-electron chi connectivity index (χ4n) is 7.16. The minimum absolute atomic E-state index is 0. The monoisotopic (exact) mass is 758 g/mol. The first-order chi connectivity index (χ1) is 24.2. The molecular formula is C44H31BrN4Zn. The van der Waals surface area contributed by atoms with E-state index in [1.807, 2.05) is 0 Å². The zero-order chi connectivity index (χ0) is 32.9. The molecule has 9 rings (SSSR count). The quantitative estimate of drug-likeness (QED) is 0.164. The van der Waals surface area contributed by atoms with Gasteiger partial charge in [-0.1, -0.05) is 123 Å². The average Bonchev–Trinajstić information content (AvgIpc) is 3.98. The van der Waals surface area contributed by atoms with Crippen molar-refractivity contribution in [3.8, 4) is 22.3 Å². The zero-order valence-electron chi connectivity index (χ0n) is 27.7. The third kappa shape index (κ3) is 5.57. The standard InChI is InChI=1S/C44H31BrN4.Zn/c1-2-3-14-33-34-19-21-36(46-34)42(31-17-8-12-27-10-4-6-15-29(27)31)38-23-25-40(48-38)44(45)41-26-24-39(49-41)43(37-22-20-35(33)47-37)32-18-9-13-28-11-5-7-16-30(28)32;/h4-13,15-26H,2-3,14H2,1H3;/q-2;+2. The van der Waals surface area contributed by atoms with Gasteiger partial charge in [0.05, 0.1) is 22.8 Å². The van der Waals surface area contributed by atoms with Crippen LogP contribution in [0.1, 0.15) is 48.1 Å². The van der Waals surface area contributed by atoms with Crippen LogP contribution in [0.5, 0.6) is 0 Å². The van der Waals surface area contributed by atoms with E-state index >= 15 is 0 Å². The molecule has 0 saturated carbocycles. The first-order valence-electron chi connectivity index (χ1n) is 16.8. The number of unbranched alkanes of at least 4 members (excludes halogenated alkanes) is 1. The van der Waals surface area contributed by atoms with Gasteiger partial charge in [0.1, 0.15) is 0 Å². The van der Waals surface area contributed by atoms with Crippen molar-refractivity contribution in [2.45, 2.75) is 26.2 Å². The maximum Gasteiger partial charge on any atom is 2.00 e. The summed E-state index contributed by atoms with van der Waals surface area (Å²) in [6.07, 6.45) is 11.5. The fourth-order valence-corrected chi connectivity index (χ4v) is 7.60. The summed E-state index contributed by atoms with van der Waals surface area (Å²) in [5.41, 5.74) is 12.5. The summed E-state index contributed by atoms with van der Waals surface area (Å²) >= 11 is 3.90. The van der Waals surface area contributed by atoms with Gasteiger partial charge in [-0.2, -0.15) is 0 Å². The maximum atomic E-state index is 5.36. The number of fused-ring (bicyclic) bond motifs is 10. The van der Waals surface area contributed by atoms with Crippen LogP contribution < -0.4 is 9.97 Å². The summed E-state index contributed by atoms with van der Waals surface area (Å²) in [5, 5.41) is 4.70. The van der Waals surface area contributed by atoms with Gasteiger partial charge in [-0.05, 0) is 102 Å². The van der Waals surface area contributed by atoms with Crippen molar-refractivity contribution in [1.82, 2.24) is 19.9 Å². The van der Waals surface area contributed by atoms with Crippen LogP contribution in [0, 0.1) is 0 Å². The summed E-state index contributed by atoms with van der Waals surface area (Å²) in [6.45, 7) is 2.23. The molecule has 2 aliphatic rings. The Balaban J connectivity index is 0.00000361. The molecule has 6 heteroatoms. The van der Waals surface area contributed by atoms with Crippen LogP contribution >= 0.6 is 15.9 Å². The van der Waals surface area contributed by atoms with E-state index in [0.29, 0.717) is 0 Å². The summed E-state index contributed by atoms with van der Waals surface area (Å²) in [6, 6.07) is 38.4. The molecule has 4 nitrogen and oxygen atoms in total. The van der Waals surface area contributed by atoms with Crippen molar-refractivity contribution in [3.63, 3.8) is 0 Å². The van der Waals surface area contributed by atoms with Crippen molar-refractivity contribution in [2.75, 3.05) is 0 Å². The molecule has 0 spiro atoms. The summed E-state index contributed by atoms with van der Waals surface area (Å²) < 4.78 is 0.842. The van der Waals surface area contributed by atoms with E-state index in [4.69, 9.17) is 19.9 Å². The minimum atomic E-state index is 0. The van der Waals surface area contributed by atoms with E-state index < -0.39 is 0 Å². The summed E-state index contributed by atoms with van der Waals surface area (Å²) in [7, 11) is 0. The van der Waals surface area contributed by atoms with E-state index in [-0.39, 0.29) is 19.5 Å². The number of hydrogen-bond donors (Lipinski definition) is 0. The second-order valence-corrected chi connectivity index (χ2v) is 13.4. The van der Waals surface area contributed by atoms with Gasteiger partial charge in [0, 0.05) is 4.47 Å². The molecule has 5 heterocycles. The average molecular weight is 761 g/mol. The predicted octanol–water partition coefficient (Wildman–Crippen LogP) is 11.7. The van der Waals surface area contributed by atoms with Crippen molar-refractivity contribution < 1.29 is 19.5 Å². The van der Waals surface area contributed by atoms with Crippen LogP contribution in [0.3, 0.4) is 0 Å². The Labute approximate surface area is 311 Å². The van der Waals surface area contributed by atoms with E-state index in [2.05, 4.69) is 156 Å². The SMILES string of the molecule is CCCCc1c2nc(c(-c3cccc4ccccc34)c3ccc([n-]3)c(Br)c3nc(c(-c4cccc5ccccc45)c4ccc1[n-]4)C=C3)C=C2.[Zn+2]. The molecule has 236 valence electrons. The number of aryl methyl sites for hydroxylation is 1. The first kappa shape index (κ1) is 32.3. The van der Waals surface area contributed by atoms with Crippen molar-refractivity contribution in [3.05, 3.63) is 142 Å². The van der Waals surface area contributed by atoms with Crippen LogP contribution in [-0.2, 0) is 25.9 Å². The number of aromatic nitrogens is 4. The van der Waals surface area contributed by atoms with Crippen LogP contribution in [0.2, 0.25) is 0 Å². The molecule has 0 radical (unpaired) electrons. The second-order valence-electron chi connectivity index (χ2n) is 12.6. The van der Waals surface area contributed by atoms with Gasteiger partial charge in [-0.3, -0.25) is 0 Å². The predicted molar refractivity (Wildman–Crippen MR) is 209 cm³/mol. The van der Waals surface area contributed by atoms with Gasteiger partial charge in [0.15, 0.2) is 0 Å². The summed E-state index contributed by atoms with van der Waals surface area (Å²) in [4.78, 5) is 21.2. The van der Waals surface area contributed by atoms with Gasteiger partial charge >= 0.3 is 19.5 Å². The Bertz CT molecular complexity index is 2590. The Morgan fingerprint density at radius 1 is 0.520 bits per heavy atom. The Morgan fingerprint density at radius 2 is 1.00 bits per heavy atom. The third-order valence-corrected chi connectivity index (χ3v) is 10.4. The second kappa shape index (κ2) is 13.4. The molecule has 4 aromatic carbocycles. The molecule has 0 unspecified atom stereocenters. The smallest absolute Gasteiger partial charge is 0.657 e. The molecule has 2 aliphatic heterocycles. The normalized spacial score (nSPS) is 12.1. The number of halogens is 1. The summed E-state index contributed by atoms with van der Waals surface area (Å²) in [5.74, 6) is 0. The molecule has 0 saturated heterocycles. The van der Waals surface area contributed by atoms with E-state index in [1.54, 1.807) is 0 Å². The van der Waals surface area contributed by atoms with Gasteiger partial charge in [-0.25, -0.2) is 9.97 Å². The molecule has 0 N–H and O–H groups in total. The van der Waals surface area contributed by atoms with Gasteiger partial charge in [-0.15, -0.1) is 22.1 Å². The van der Waals surface area contributed by atoms with Crippen LogP contribution in [0.15, 0.2) is 114 Å². The topological polar surface area (TPSA) is 54.0 Å². The van der Waals surface area contributed by atoms with Crippen LogP contribution in [-0.4, -0.2) is 9.97 Å². The van der Waals surface area contributed by atoms with Crippen molar-refractivity contribution >= 4 is 83.8 Å². The largest absolute Gasteiger partial charge is 2.00 e. The van der Waals surface area contributed by atoms with Crippen LogP contribution in [0.25, 0.3) is 90.2 Å². The molecule has 3 aromatic heterocycles. The first-order valence-corrected chi connectivity index (χ1v) is 17.6. The Morgan fingerprint density at radius 3 is 1.62 bits per heavy atom. The molecule has 0 atom stereocenters. The minimum Gasteiger partial charge on any atom is -0.657 e. The molecule has 0 amide bonds. The molecule has 0 aliphatic carbocycles. The molecule has 8 bridgehead atoms. The Kier molecular flexibility index (Phi) is 8.68. The number of nitrogens with zero attached hydrogens (tertiary/aromatic N) is 4. The van der Waals surface area contributed by atoms with Crippen molar-refractivity contribution in [2.24, 2.45) is 0 Å². The van der Waals surface area contributed by atoms with E-state index in [0.717, 1.165) is 96.4 Å². The van der Waals surface area contributed by atoms with Crippen molar-refractivity contribution in [1.29, 1.82) is 0 Å². The van der Waals surface area contributed by atoms with Gasteiger partial charge in [0.25, 0.3) is 0 Å². The number of rotatable bonds is 5. The fraction of sp³-hybridized carbons (Fsp3) is 0.0909. The maximum absolute atomic E-state index is 5.36. The molecule has 0 fully saturated rings. The zero-order valence-corrected chi connectivity index (χ0v) is 32.3. The number of hydrogen-bond acceptors (Lipinski definition) is 2. The molecule has 50 heavy (non-hydrogen) atoms. The molecular weight excluding hydrogens is 730 g/mol. The van der Waals surface area contributed by atoms with Gasteiger partial charge < -0.3 is 9.97 Å². The molecule has 7 aromatic rings. The van der Waals surface area contributed by atoms with E-state index in [1.165, 1.54) is 21.5 Å².